The van der Waals surface area contributed by atoms with E-state index in [4.69, 9.17) is 4.42 Å². The van der Waals surface area contributed by atoms with Gasteiger partial charge in [-0.1, -0.05) is 40.2 Å². The largest absolute Gasteiger partial charge is 0.422 e. The predicted molar refractivity (Wildman–Crippen MR) is 89.9 cm³/mol. The van der Waals surface area contributed by atoms with Crippen LogP contribution >= 0.6 is 15.9 Å². The number of benzene rings is 2. The maximum Gasteiger partial charge on any atom is 0.347 e. The molecule has 0 spiro atoms. The Morgan fingerprint density at radius 3 is 2.70 bits per heavy atom. The van der Waals surface area contributed by atoms with Gasteiger partial charge in [0.25, 0.3) is 0 Å². The minimum Gasteiger partial charge on any atom is -0.422 e. The molecule has 0 aliphatic heterocycles. The van der Waals surface area contributed by atoms with Crippen molar-refractivity contribution in [3.63, 3.8) is 0 Å². The van der Waals surface area contributed by atoms with E-state index in [1.54, 1.807) is 30.3 Å². The molecule has 3 aromatic rings. The van der Waals surface area contributed by atoms with Gasteiger partial charge in [0.15, 0.2) is 5.78 Å². The van der Waals surface area contributed by atoms with Crippen LogP contribution < -0.4 is 5.63 Å². The lowest BCUT2D eigenvalue weighted by Gasteiger charge is -1.99. The van der Waals surface area contributed by atoms with Crippen LogP contribution in [-0.2, 0) is 0 Å². The summed E-state index contributed by atoms with van der Waals surface area (Å²) < 4.78 is 19.4. The van der Waals surface area contributed by atoms with Gasteiger partial charge in [-0.05, 0) is 36.4 Å². The van der Waals surface area contributed by atoms with Crippen molar-refractivity contribution in [2.24, 2.45) is 0 Å². The smallest absolute Gasteiger partial charge is 0.347 e. The Hall–Kier alpha value is -2.53. The van der Waals surface area contributed by atoms with Gasteiger partial charge in [0.2, 0.25) is 0 Å². The number of hydrogen-bond donors (Lipinski definition) is 0. The number of allylic oxidation sites excluding steroid dienone is 1. The van der Waals surface area contributed by atoms with E-state index in [9.17, 15) is 14.0 Å². The number of carbonyl (C=O) groups excluding carboxylic acids is 1. The Morgan fingerprint density at radius 2 is 1.91 bits per heavy atom. The van der Waals surface area contributed by atoms with Gasteiger partial charge >= 0.3 is 5.63 Å². The van der Waals surface area contributed by atoms with E-state index in [2.05, 4.69) is 15.9 Å². The van der Waals surface area contributed by atoms with Crippen LogP contribution in [-0.4, -0.2) is 5.78 Å². The van der Waals surface area contributed by atoms with Crippen molar-refractivity contribution in [3.8, 4) is 0 Å². The van der Waals surface area contributed by atoms with Gasteiger partial charge in [-0.2, -0.15) is 0 Å². The Kier molecular flexibility index (Phi) is 4.21. The zero-order chi connectivity index (χ0) is 16.4. The predicted octanol–water partition coefficient (Wildman–Crippen LogP) is 4.59. The zero-order valence-corrected chi connectivity index (χ0v) is 13.3. The molecule has 5 heteroatoms. The molecular formula is C18H10BrFO3. The maximum atomic E-state index is 13.7. The monoisotopic (exact) mass is 372 g/mol. The van der Waals surface area contributed by atoms with E-state index in [1.165, 1.54) is 24.3 Å². The lowest BCUT2D eigenvalue weighted by molar-refractivity contribution is 0.104. The van der Waals surface area contributed by atoms with Crippen molar-refractivity contribution < 1.29 is 13.6 Å². The number of ketones is 1. The first kappa shape index (κ1) is 15.4. The fourth-order valence-corrected chi connectivity index (χ4v) is 2.46. The number of carbonyl (C=O) groups is 1. The van der Waals surface area contributed by atoms with E-state index in [1.807, 2.05) is 0 Å². The third kappa shape index (κ3) is 3.29. The summed E-state index contributed by atoms with van der Waals surface area (Å²) in [6, 6.07) is 12.9. The van der Waals surface area contributed by atoms with Gasteiger partial charge < -0.3 is 4.42 Å². The van der Waals surface area contributed by atoms with Crippen LogP contribution in [0.25, 0.3) is 17.0 Å². The molecule has 0 atom stereocenters. The van der Waals surface area contributed by atoms with E-state index in [0.717, 1.165) is 6.08 Å². The molecule has 0 unspecified atom stereocenters. The van der Waals surface area contributed by atoms with Crippen LogP contribution in [0.2, 0.25) is 0 Å². The molecule has 0 bridgehead atoms. The van der Waals surface area contributed by atoms with E-state index in [-0.39, 0.29) is 11.1 Å². The minimum absolute atomic E-state index is 0.0857. The highest BCUT2D eigenvalue weighted by Crippen LogP contribution is 2.17. The summed E-state index contributed by atoms with van der Waals surface area (Å²) in [6.45, 7) is 0. The number of rotatable bonds is 3. The Bertz CT molecular complexity index is 989. The summed E-state index contributed by atoms with van der Waals surface area (Å²) in [5, 5.41) is 0.652. The molecule has 0 aliphatic rings. The van der Waals surface area contributed by atoms with E-state index >= 15 is 0 Å². The standard InChI is InChI=1S/C18H10BrFO3/c19-13-7-5-11(15(20)10-13)6-8-16(21)14-9-12-3-1-2-4-17(12)23-18(14)22/h1-10H/b8-6+. The number of fused-ring (bicyclic) bond motifs is 1. The van der Waals surface area contributed by atoms with Crippen LogP contribution in [0, 0.1) is 5.82 Å². The second-order valence-corrected chi connectivity index (χ2v) is 5.76. The van der Waals surface area contributed by atoms with Crippen LogP contribution in [0.4, 0.5) is 4.39 Å². The molecule has 23 heavy (non-hydrogen) atoms. The molecule has 0 amide bonds. The molecule has 0 saturated carbocycles. The quantitative estimate of drug-likeness (QED) is 0.383. The van der Waals surface area contributed by atoms with E-state index in [0.29, 0.717) is 15.4 Å². The molecule has 0 radical (unpaired) electrons. The summed E-state index contributed by atoms with van der Waals surface area (Å²) in [6.07, 6.45) is 2.49. The first-order valence-electron chi connectivity index (χ1n) is 6.75. The average molecular weight is 373 g/mol. The number of halogens is 2. The molecule has 3 rings (SSSR count). The van der Waals surface area contributed by atoms with Crippen LogP contribution in [0.3, 0.4) is 0 Å². The third-order valence-electron chi connectivity index (χ3n) is 3.28. The fourth-order valence-electron chi connectivity index (χ4n) is 2.13. The lowest BCUT2D eigenvalue weighted by atomic mass is 10.1. The fraction of sp³-hybridized carbons (Fsp3) is 0. The van der Waals surface area contributed by atoms with Gasteiger partial charge in [-0.3, -0.25) is 4.79 Å². The van der Waals surface area contributed by atoms with Crippen molar-refractivity contribution in [3.05, 3.63) is 86.4 Å². The van der Waals surface area contributed by atoms with Gasteiger partial charge in [-0.15, -0.1) is 0 Å². The summed E-state index contributed by atoms with van der Waals surface area (Å²) in [5.74, 6) is -0.999. The first-order valence-corrected chi connectivity index (χ1v) is 7.54. The third-order valence-corrected chi connectivity index (χ3v) is 3.78. The number of para-hydroxylation sites is 1. The Balaban J connectivity index is 1.95. The van der Waals surface area contributed by atoms with Crippen LogP contribution in [0.15, 0.2) is 68.3 Å². The van der Waals surface area contributed by atoms with Crippen LogP contribution in [0.5, 0.6) is 0 Å². The highest BCUT2D eigenvalue weighted by molar-refractivity contribution is 9.10. The Morgan fingerprint density at radius 1 is 1.13 bits per heavy atom. The van der Waals surface area contributed by atoms with Gasteiger partial charge in [0, 0.05) is 15.4 Å². The number of hydrogen-bond acceptors (Lipinski definition) is 3. The normalized spacial score (nSPS) is 11.2. The SMILES string of the molecule is O=C(/C=C/c1ccc(Br)cc1F)c1cc2ccccc2oc1=O. The van der Waals surface area contributed by atoms with Crippen molar-refractivity contribution in [2.45, 2.75) is 0 Å². The molecule has 1 heterocycles. The molecule has 114 valence electrons. The summed E-state index contributed by atoms with van der Waals surface area (Å²) >= 11 is 3.16. The average Bonchev–Trinajstić information content (AvgIpc) is 2.53. The summed E-state index contributed by atoms with van der Waals surface area (Å²) in [5.41, 5.74) is -0.129. The highest BCUT2D eigenvalue weighted by atomic mass is 79.9. The first-order chi connectivity index (χ1) is 11.0. The molecule has 0 fully saturated rings. The van der Waals surface area contributed by atoms with Gasteiger partial charge in [0.1, 0.15) is 17.0 Å². The van der Waals surface area contributed by atoms with Gasteiger partial charge in [0.05, 0.1) is 0 Å². The highest BCUT2D eigenvalue weighted by Gasteiger charge is 2.11. The minimum atomic E-state index is -0.713. The van der Waals surface area contributed by atoms with Crippen molar-refractivity contribution >= 4 is 38.8 Å². The molecule has 1 aromatic heterocycles. The van der Waals surface area contributed by atoms with Crippen LogP contribution in [0.1, 0.15) is 15.9 Å². The molecular weight excluding hydrogens is 363 g/mol. The van der Waals surface area contributed by atoms with Crippen molar-refractivity contribution in [1.29, 1.82) is 0 Å². The van der Waals surface area contributed by atoms with Gasteiger partial charge in [-0.25, -0.2) is 9.18 Å². The van der Waals surface area contributed by atoms with Crippen molar-refractivity contribution in [2.75, 3.05) is 0 Å². The topological polar surface area (TPSA) is 47.3 Å². The maximum absolute atomic E-state index is 13.7. The molecule has 0 saturated heterocycles. The van der Waals surface area contributed by atoms with Crippen molar-refractivity contribution in [1.82, 2.24) is 0 Å². The second-order valence-electron chi connectivity index (χ2n) is 4.85. The Labute approximate surface area is 139 Å². The summed E-state index contributed by atoms with van der Waals surface area (Å²) in [7, 11) is 0. The van der Waals surface area contributed by atoms with E-state index < -0.39 is 17.2 Å². The second kappa shape index (κ2) is 6.30. The summed E-state index contributed by atoms with van der Waals surface area (Å²) in [4.78, 5) is 24.1. The zero-order valence-electron chi connectivity index (χ0n) is 11.8. The molecule has 0 aliphatic carbocycles. The molecule has 3 nitrogen and oxygen atoms in total. The lowest BCUT2D eigenvalue weighted by Crippen LogP contribution is -2.11. The molecule has 2 aromatic carbocycles. The molecule has 0 N–H and O–H groups in total.